The molecule has 8 heteroatoms. The Morgan fingerprint density at radius 3 is 2.20 bits per heavy atom. The molecule has 0 aliphatic carbocycles. The van der Waals surface area contributed by atoms with Crippen molar-refractivity contribution < 1.29 is 28.6 Å². The van der Waals surface area contributed by atoms with Crippen molar-refractivity contribution in [3.63, 3.8) is 0 Å². The first-order chi connectivity index (χ1) is 12.0. The Kier molecular flexibility index (Phi) is 8.84. The van der Waals surface area contributed by atoms with Crippen LogP contribution in [-0.2, 0) is 19.1 Å². The SMILES string of the molecule is CCOC(=O)CCC(=O)NNC(=O)[C@H](C)Oc1ccc(OCC)cc1. The van der Waals surface area contributed by atoms with Gasteiger partial charge >= 0.3 is 5.97 Å². The number of ether oxygens (including phenoxy) is 3. The second-order valence-electron chi connectivity index (χ2n) is 5.01. The van der Waals surface area contributed by atoms with Crippen LogP contribution in [0.4, 0.5) is 0 Å². The van der Waals surface area contributed by atoms with Gasteiger partial charge < -0.3 is 14.2 Å². The Morgan fingerprint density at radius 1 is 0.960 bits per heavy atom. The highest BCUT2D eigenvalue weighted by Gasteiger charge is 2.16. The van der Waals surface area contributed by atoms with Crippen molar-refractivity contribution in [1.29, 1.82) is 0 Å². The minimum atomic E-state index is -0.816. The summed E-state index contributed by atoms with van der Waals surface area (Å²) in [5.41, 5.74) is 4.48. The van der Waals surface area contributed by atoms with Crippen molar-refractivity contribution in [3.05, 3.63) is 24.3 Å². The summed E-state index contributed by atoms with van der Waals surface area (Å²) in [7, 11) is 0. The van der Waals surface area contributed by atoms with Crippen LogP contribution < -0.4 is 20.3 Å². The third kappa shape index (κ3) is 8.05. The molecule has 1 atom stereocenters. The molecule has 0 radical (unpaired) electrons. The summed E-state index contributed by atoms with van der Waals surface area (Å²) in [5, 5.41) is 0. The highest BCUT2D eigenvalue weighted by atomic mass is 16.5. The molecule has 0 fully saturated rings. The summed E-state index contributed by atoms with van der Waals surface area (Å²) >= 11 is 0. The van der Waals surface area contributed by atoms with Crippen molar-refractivity contribution >= 4 is 17.8 Å². The van der Waals surface area contributed by atoms with Gasteiger partial charge in [-0.3, -0.25) is 25.2 Å². The van der Waals surface area contributed by atoms with Crippen LogP contribution in [0.5, 0.6) is 11.5 Å². The number of carbonyl (C=O) groups excluding carboxylic acids is 3. The molecule has 0 saturated heterocycles. The summed E-state index contributed by atoms with van der Waals surface area (Å²) in [5.74, 6) is -0.259. The quantitative estimate of drug-likeness (QED) is 0.514. The number of rotatable bonds is 9. The molecule has 1 aromatic rings. The Morgan fingerprint density at radius 2 is 1.60 bits per heavy atom. The number of hydrogen-bond donors (Lipinski definition) is 2. The number of esters is 1. The molecule has 0 spiro atoms. The maximum Gasteiger partial charge on any atom is 0.306 e. The molecule has 0 aliphatic rings. The predicted molar refractivity (Wildman–Crippen MR) is 89.9 cm³/mol. The summed E-state index contributed by atoms with van der Waals surface area (Å²) in [4.78, 5) is 34.6. The van der Waals surface area contributed by atoms with E-state index in [1.54, 1.807) is 38.1 Å². The molecule has 8 nitrogen and oxygen atoms in total. The van der Waals surface area contributed by atoms with Gasteiger partial charge in [-0.05, 0) is 45.0 Å². The summed E-state index contributed by atoms with van der Waals surface area (Å²) in [6, 6.07) is 6.85. The second kappa shape index (κ2) is 10.9. The van der Waals surface area contributed by atoms with E-state index in [0.29, 0.717) is 18.1 Å². The first-order valence-corrected chi connectivity index (χ1v) is 8.10. The Bertz CT molecular complexity index is 573. The van der Waals surface area contributed by atoms with E-state index in [4.69, 9.17) is 14.2 Å². The zero-order chi connectivity index (χ0) is 18.7. The van der Waals surface area contributed by atoms with Crippen LogP contribution >= 0.6 is 0 Å². The maximum atomic E-state index is 11.9. The number of carbonyl (C=O) groups is 3. The molecule has 0 unspecified atom stereocenters. The molecular formula is C17H24N2O6. The van der Waals surface area contributed by atoms with Crippen LogP contribution in [0.2, 0.25) is 0 Å². The molecule has 138 valence electrons. The van der Waals surface area contributed by atoms with Gasteiger partial charge in [-0.2, -0.15) is 0 Å². The first-order valence-electron chi connectivity index (χ1n) is 8.10. The van der Waals surface area contributed by atoms with Crippen molar-refractivity contribution in [3.8, 4) is 11.5 Å². The zero-order valence-corrected chi connectivity index (χ0v) is 14.7. The highest BCUT2D eigenvalue weighted by Crippen LogP contribution is 2.18. The smallest absolute Gasteiger partial charge is 0.306 e. The van der Waals surface area contributed by atoms with Gasteiger partial charge in [-0.25, -0.2) is 0 Å². The van der Waals surface area contributed by atoms with Crippen LogP contribution in [-0.4, -0.2) is 37.1 Å². The van der Waals surface area contributed by atoms with Gasteiger partial charge in [0.25, 0.3) is 5.91 Å². The van der Waals surface area contributed by atoms with E-state index in [-0.39, 0.29) is 19.4 Å². The fourth-order valence-corrected chi connectivity index (χ4v) is 1.78. The van der Waals surface area contributed by atoms with Crippen molar-refractivity contribution in [2.75, 3.05) is 13.2 Å². The van der Waals surface area contributed by atoms with E-state index < -0.39 is 23.9 Å². The third-order valence-electron chi connectivity index (χ3n) is 3.00. The lowest BCUT2D eigenvalue weighted by Gasteiger charge is -2.15. The molecule has 0 aromatic heterocycles. The average molecular weight is 352 g/mol. The van der Waals surface area contributed by atoms with E-state index in [0.717, 1.165) is 0 Å². The molecule has 0 aliphatic heterocycles. The number of amides is 2. The van der Waals surface area contributed by atoms with E-state index in [1.165, 1.54) is 0 Å². The summed E-state index contributed by atoms with van der Waals surface area (Å²) in [6.07, 6.45) is -0.940. The Labute approximate surface area is 146 Å². The van der Waals surface area contributed by atoms with Gasteiger partial charge in [-0.1, -0.05) is 0 Å². The standard InChI is InChI=1S/C17H24N2O6/c1-4-23-13-6-8-14(9-7-13)25-12(3)17(22)19-18-15(20)10-11-16(21)24-5-2/h6-9,12H,4-5,10-11H2,1-3H3,(H,18,20)(H,19,22)/t12-/m0/s1. The van der Waals surface area contributed by atoms with Crippen LogP contribution in [0, 0.1) is 0 Å². The zero-order valence-electron chi connectivity index (χ0n) is 14.7. The second-order valence-corrected chi connectivity index (χ2v) is 5.01. The van der Waals surface area contributed by atoms with Crippen molar-refractivity contribution in [1.82, 2.24) is 10.9 Å². The lowest BCUT2D eigenvalue weighted by atomic mass is 10.3. The minimum absolute atomic E-state index is 0.0478. The number of hydrazine groups is 1. The highest BCUT2D eigenvalue weighted by molar-refractivity contribution is 5.86. The molecule has 2 N–H and O–H groups in total. The van der Waals surface area contributed by atoms with Crippen molar-refractivity contribution in [2.45, 2.75) is 39.7 Å². The van der Waals surface area contributed by atoms with E-state index >= 15 is 0 Å². The average Bonchev–Trinajstić information content (AvgIpc) is 2.60. The largest absolute Gasteiger partial charge is 0.494 e. The molecule has 25 heavy (non-hydrogen) atoms. The summed E-state index contributed by atoms with van der Waals surface area (Å²) < 4.78 is 15.5. The maximum absolute atomic E-state index is 11.9. The van der Waals surface area contributed by atoms with Gasteiger partial charge in [0, 0.05) is 6.42 Å². The predicted octanol–water partition coefficient (Wildman–Crippen LogP) is 1.34. The number of nitrogens with one attached hydrogen (secondary N) is 2. The molecule has 0 saturated carbocycles. The van der Waals surface area contributed by atoms with Gasteiger partial charge in [0.1, 0.15) is 11.5 Å². The topological polar surface area (TPSA) is 103 Å². The molecule has 1 aromatic carbocycles. The van der Waals surface area contributed by atoms with Crippen LogP contribution in [0.1, 0.15) is 33.6 Å². The molecular weight excluding hydrogens is 328 g/mol. The Balaban J connectivity index is 2.33. The molecule has 0 bridgehead atoms. The third-order valence-corrected chi connectivity index (χ3v) is 3.00. The van der Waals surface area contributed by atoms with Crippen molar-refractivity contribution in [2.24, 2.45) is 0 Å². The number of benzene rings is 1. The van der Waals surface area contributed by atoms with Gasteiger partial charge in [0.05, 0.1) is 19.6 Å². The monoisotopic (exact) mass is 352 g/mol. The normalized spacial score (nSPS) is 11.2. The van der Waals surface area contributed by atoms with Crippen LogP contribution in [0.25, 0.3) is 0 Å². The lowest BCUT2D eigenvalue weighted by Crippen LogP contribution is -2.47. The minimum Gasteiger partial charge on any atom is -0.494 e. The molecule has 1 rings (SSSR count). The fourth-order valence-electron chi connectivity index (χ4n) is 1.78. The van der Waals surface area contributed by atoms with E-state index in [2.05, 4.69) is 10.9 Å². The van der Waals surface area contributed by atoms with Gasteiger partial charge in [0.15, 0.2) is 6.10 Å². The van der Waals surface area contributed by atoms with E-state index in [1.807, 2.05) is 6.92 Å². The fraction of sp³-hybridized carbons (Fsp3) is 0.471. The van der Waals surface area contributed by atoms with Gasteiger partial charge in [-0.15, -0.1) is 0 Å². The van der Waals surface area contributed by atoms with Crippen LogP contribution in [0.3, 0.4) is 0 Å². The molecule has 0 heterocycles. The van der Waals surface area contributed by atoms with E-state index in [9.17, 15) is 14.4 Å². The number of hydrogen-bond acceptors (Lipinski definition) is 6. The van der Waals surface area contributed by atoms with Crippen LogP contribution in [0.15, 0.2) is 24.3 Å². The summed E-state index contributed by atoms with van der Waals surface area (Å²) in [6.45, 7) is 5.95. The first kappa shape index (κ1) is 20.3. The van der Waals surface area contributed by atoms with Gasteiger partial charge in [0.2, 0.25) is 5.91 Å². The lowest BCUT2D eigenvalue weighted by molar-refractivity contribution is -0.144. The molecule has 2 amide bonds. The Hall–Kier alpha value is -2.77.